The van der Waals surface area contributed by atoms with Crippen molar-refractivity contribution in [3.63, 3.8) is 0 Å². The summed E-state index contributed by atoms with van der Waals surface area (Å²) in [6.45, 7) is 2.09. The van der Waals surface area contributed by atoms with Gasteiger partial charge < -0.3 is 26.0 Å². The fourth-order valence-electron chi connectivity index (χ4n) is 3.53. The van der Waals surface area contributed by atoms with Crippen molar-refractivity contribution in [1.29, 1.82) is 0 Å². The van der Waals surface area contributed by atoms with E-state index in [-0.39, 0.29) is 55.1 Å². The fraction of sp³-hybridized carbons (Fsp3) is 0.280. The Labute approximate surface area is 217 Å². The van der Waals surface area contributed by atoms with Gasteiger partial charge in [-0.15, -0.1) is 11.6 Å². The molecule has 2 amide bonds. The highest BCUT2D eigenvalue weighted by atomic mass is 35.5. The van der Waals surface area contributed by atoms with Gasteiger partial charge in [-0.05, 0) is 35.4 Å². The SMILES string of the molecule is CCC(=O)NC(CC(=O)NCC(=NCc1ccc2[nH]c(=O)cc(O)c2c1)NCCl)c1cccc(Cl)c1. The van der Waals surface area contributed by atoms with Gasteiger partial charge in [-0.1, -0.05) is 36.7 Å². The molecule has 2 aromatic carbocycles. The molecule has 1 unspecified atom stereocenters. The molecule has 0 aliphatic carbocycles. The number of alkyl halides is 1. The van der Waals surface area contributed by atoms with Gasteiger partial charge in [-0.3, -0.25) is 19.4 Å². The quantitative estimate of drug-likeness (QED) is 0.118. The van der Waals surface area contributed by atoms with Gasteiger partial charge in [0.1, 0.15) is 11.6 Å². The summed E-state index contributed by atoms with van der Waals surface area (Å²) < 4.78 is 0. The second-order valence-electron chi connectivity index (χ2n) is 7.98. The Hall–Kier alpha value is -3.56. The van der Waals surface area contributed by atoms with E-state index < -0.39 is 6.04 Å². The number of halogens is 2. The molecule has 3 aromatic rings. The molecule has 3 rings (SSSR count). The first-order valence-corrected chi connectivity index (χ1v) is 12.2. The molecule has 0 bridgehead atoms. The lowest BCUT2D eigenvalue weighted by Crippen LogP contribution is -2.39. The standard InChI is InChI=1S/C25H27Cl2N5O4/c1-2-23(34)32-20(16-4-3-5-17(27)9-16)10-24(35)29-13-22(30-14-26)28-12-15-6-7-19-18(8-15)21(33)11-25(36)31-19/h3-9,11,20H,2,10,12-14H2,1H3,(H,28,30)(H,29,35)(H,32,34)(H2,31,33,36). The number of hydrogen-bond donors (Lipinski definition) is 5. The third-order valence-corrected chi connectivity index (χ3v) is 5.73. The van der Waals surface area contributed by atoms with Crippen LogP contribution in [0.15, 0.2) is 58.3 Å². The van der Waals surface area contributed by atoms with E-state index in [0.29, 0.717) is 21.8 Å². The Morgan fingerprint density at radius 3 is 2.64 bits per heavy atom. The van der Waals surface area contributed by atoms with Crippen LogP contribution in [0.1, 0.15) is 36.9 Å². The monoisotopic (exact) mass is 531 g/mol. The van der Waals surface area contributed by atoms with Crippen molar-refractivity contribution in [2.24, 2.45) is 4.99 Å². The first kappa shape index (κ1) is 27.0. The molecule has 0 fully saturated rings. The number of carbonyl (C=O) groups excluding carboxylic acids is 2. The molecule has 36 heavy (non-hydrogen) atoms. The molecular weight excluding hydrogens is 505 g/mol. The number of aromatic hydroxyl groups is 1. The van der Waals surface area contributed by atoms with Gasteiger partial charge in [-0.25, -0.2) is 0 Å². The maximum absolute atomic E-state index is 12.7. The molecule has 1 aromatic heterocycles. The molecular formula is C25H27Cl2N5O4. The van der Waals surface area contributed by atoms with Crippen LogP contribution in [0.5, 0.6) is 5.75 Å². The molecule has 0 saturated carbocycles. The Kier molecular flexibility index (Phi) is 9.72. The molecule has 11 heteroatoms. The number of nitrogens with one attached hydrogen (secondary N) is 4. The summed E-state index contributed by atoms with van der Waals surface area (Å²) in [6.07, 6.45) is 0.306. The number of amidine groups is 1. The zero-order valence-electron chi connectivity index (χ0n) is 19.6. The van der Waals surface area contributed by atoms with Crippen LogP contribution in [0.25, 0.3) is 10.9 Å². The zero-order valence-corrected chi connectivity index (χ0v) is 21.1. The normalized spacial score (nSPS) is 12.2. The average molecular weight is 532 g/mol. The molecule has 0 aliphatic rings. The first-order valence-electron chi connectivity index (χ1n) is 11.3. The third kappa shape index (κ3) is 7.73. The topological polar surface area (TPSA) is 136 Å². The number of H-pyrrole nitrogens is 1. The smallest absolute Gasteiger partial charge is 0.252 e. The minimum atomic E-state index is -0.533. The Morgan fingerprint density at radius 2 is 1.92 bits per heavy atom. The Morgan fingerprint density at radius 1 is 1.11 bits per heavy atom. The molecule has 5 N–H and O–H groups in total. The first-order chi connectivity index (χ1) is 17.3. The number of fused-ring (bicyclic) bond motifs is 1. The van der Waals surface area contributed by atoms with Crippen LogP contribution in [0, 0.1) is 0 Å². The second-order valence-corrected chi connectivity index (χ2v) is 8.69. The number of aromatic nitrogens is 1. The predicted octanol–water partition coefficient (Wildman–Crippen LogP) is 3.35. The summed E-state index contributed by atoms with van der Waals surface area (Å²) in [5, 5.41) is 19.6. The summed E-state index contributed by atoms with van der Waals surface area (Å²) >= 11 is 11.9. The minimum Gasteiger partial charge on any atom is -0.507 e. The van der Waals surface area contributed by atoms with Gasteiger partial charge in [0, 0.05) is 22.9 Å². The van der Waals surface area contributed by atoms with E-state index in [2.05, 4.69) is 25.9 Å². The highest BCUT2D eigenvalue weighted by Crippen LogP contribution is 2.23. The van der Waals surface area contributed by atoms with Crippen LogP contribution in [0.2, 0.25) is 5.02 Å². The van der Waals surface area contributed by atoms with Crippen LogP contribution in [-0.2, 0) is 16.1 Å². The summed E-state index contributed by atoms with van der Waals surface area (Å²) in [6, 6.07) is 12.9. The van der Waals surface area contributed by atoms with E-state index in [1.807, 2.05) is 0 Å². The van der Waals surface area contributed by atoms with Crippen LogP contribution < -0.4 is 21.5 Å². The number of amides is 2. The second kappa shape index (κ2) is 12.9. The Balaban J connectivity index is 1.66. The molecule has 1 heterocycles. The number of aromatic amines is 1. The Bertz CT molecular complexity index is 1330. The van der Waals surface area contributed by atoms with Gasteiger partial charge in [0.2, 0.25) is 11.8 Å². The van der Waals surface area contributed by atoms with Crippen molar-refractivity contribution in [3.8, 4) is 5.75 Å². The maximum Gasteiger partial charge on any atom is 0.252 e. The van der Waals surface area contributed by atoms with E-state index in [4.69, 9.17) is 23.2 Å². The maximum atomic E-state index is 12.7. The number of hydrogen-bond acceptors (Lipinski definition) is 5. The van der Waals surface area contributed by atoms with Crippen LogP contribution in [0.3, 0.4) is 0 Å². The van der Waals surface area contributed by atoms with Crippen LogP contribution in [0.4, 0.5) is 0 Å². The molecule has 0 radical (unpaired) electrons. The lowest BCUT2D eigenvalue weighted by atomic mass is 10.0. The van der Waals surface area contributed by atoms with Crippen molar-refractivity contribution in [2.45, 2.75) is 32.4 Å². The number of nitrogens with zero attached hydrogens (tertiary/aromatic N) is 1. The van der Waals surface area contributed by atoms with Crippen LogP contribution in [-0.4, -0.2) is 40.3 Å². The average Bonchev–Trinajstić information content (AvgIpc) is 2.85. The van der Waals surface area contributed by atoms with Gasteiger partial charge in [0.15, 0.2) is 0 Å². The lowest BCUT2D eigenvalue weighted by Gasteiger charge is -2.19. The van der Waals surface area contributed by atoms with Gasteiger partial charge >= 0.3 is 0 Å². The third-order valence-electron chi connectivity index (χ3n) is 5.36. The summed E-state index contributed by atoms with van der Waals surface area (Å²) in [4.78, 5) is 43.4. The predicted molar refractivity (Wildman–Crippen MR) is 141 cm³/mol. The highest BCUT2D eigenvalue weighted by molar-refractivity contribution is 6.30. The number of benzene rings is 2. The molecule has 190 valence electrons. The van der Waals surface area contributed by atoms with Gasteiger partial charge in [-0.2, -0.15) is 0 Å². The van der Waals surface area contributed by atoms with Crippen molar-refractivity contribution in [1.82, 2.24) is 20.9 Å². The molecule has 0 aliphatic heterocycles. The van der Waals surface area contributed by atoms with Gasteiger partial charge in [0.05, 0.1) is 37.1 Å². The minimum absolute atomic E-state index is 0.0163. The number of carbonyl (C=O) groups is 2. The largest absolute Gasteiger partial charge is 0.507 e. The van der Waals surface area contributed by atoms with Gasteiger partial charge in [0.25, 0.3) is 5.56 Å². The zero-order chi connectivity index (χ0) is 26.1. The van der Waals surface area contributed by atoms with E-state index >= 15 is 0 Å². The van der Waals surface area contributed by atoms with Crippen molar-refractivity contribution in [3.05, 3.63) is 75.0 Å². The van der Waals surface area contributed by atoms with Crippen molar-refractivity contribution in [2.75, 3.05) is 12.5 Å². The lowest BCUT2D eigenvalue weighted by molar-refractivity contribution is -0.123. The summed E-state index contributed by atoms with van der Waals surface area (Å²) in [7, 11) is 0. The number of rotatable bonds is 10. The summed E-state index contributed by atoms with van der Waals surface area (Å²) in [5.41, 5.74) is 1.65. The van der Waals surface area contributed by atoms with E-state index in [0.717, 1.165) is 17.2 Å². The van der Waals surface area contributed by atoms with E-state index in [1.165, 1.54) is 0 Å². The molecule has 9 nitrogen and oxygen atoms in total. The van der Waals surface area contributed by atoms with E-state index in [9.17, 15) is 19.5 Å². The van der Waals surface area contributed by atoms with Crippen molar-refractivity contribution < 1.29 is 14.7 Å². The number of aliphatic imine (C=N–C) groups is 1. The summed E-state index contributed by atoms with van der Waals surface area (Å²) in [5.74, 6) is -0.124. The van der Waals surface area contributed by atoms with Crippen molar-refractivity contribution >= 4 is 51.8 Å². The molecule has 0 spiro atoms. The highest BCUT2D eigenvalue weighted by Gasteiger charge is 2.18. The van der Waals surface area contributed by atoms with E-state index in [1.54, 1.807) is 49.4 Å². The fourth-order valence-corrected chi connectivity index (χ4v) is 3.88. The molecule has 1 atom stereocenters. The number of pyridine rings is 1. The molecule has 0 saturated heterocycles. The van der Waals surface area contributed by atoms with Crippen LogP contribution >= 0.6 is 23.2 Å².